The van der Waals surface area contributed by atoms with Gasteiger partial charge in [0.1, 0.15) is 0 Å². The van der Waals surface area contributed by atoms with Crippen LogP contribution in [0.15, 0.2) is 46.1 Å². The molecule has 3 aromatic rings. The number of carbonyl (C=O) groups excluding carboxylic acids is 2. The van der Waals surface area contributed by atoms with E-state index in [0.29, 0.717) is 6.54 Å². The van der Waals surface area contributed by atoms with E-state index < -0.39 is 6.03 Å². The Labute approximate surface area is 145 Å². The Hall–Kier alpha value is -1.90. The maximum Gasteiger partial charge on any atom is 0.321 e. The molecule has 0 saturated heterocycles. The second kappa shape index (κ2) is 7.58. The van der Waals surface area contributed by atoms with Crippen LogP contribution in [0.2, 0.25) is 0 Å². The molecular weight excluding hydrogens is 350 g/mol. The second-order valence-corrected chi connectivity index (χ2v) is 7.83. The number of amides is 3. The number of thioether (sulfide) groups is 1. The lowest BCUT2D eigenvalue weighted by molar-refractivity contribution is -0.117. The van der Waals surface area contributed by atoms with Crippen LogP contribution in [0.1, 0.15) is 4.88 Å². The molecule has 0 aliphatic heterocycles. The van der Waals surface area contributed by atoms with Crippen molar-refractivity contribution in [2.75, 3.05) is 5.75 Å². The lowest BCUT2D eigenvalue weighted by Gasteiger charge is -2.04. The van der Waals surface area contributed by atoms with Gasteiger partial charge in [-0.15, -0.1) is 22.7 Å². The number of fused-ring (bicyclic) bond motifs is 1. The van der Waals surface area contributed by atoms with Gasteiger partial charge in [-0.25, -0.2) is 9.78 Å². The molecule has 3 amide bonds. The highest BCUT2D eigenvalue weighted by atomic mass is 32.2. The van der Waals surface area contributed by atoms with Gasteiger partial charge in [0.15, 0.2) is 4.34 Å². The zero-order valence-electron chi connectivity index (χ0n) is 11.9. The summed E-state index contributed by atoms with van der Waals surface area (Å²) >= 11 is 4.42. The molecule has 0 aliphatic carbocycles. The molecule has 0 saturated carbocycles. The third-order valence-electron chi connectivity index (χ3n) is 2.86. The van der Waals surface area contributed by atoms with E-state index in [1.807, 2.05) is 41.8 Å². The molecule has 5 nitrogen and oxygen atoms in total. The summed E-state index contributed by atoms with van der Waals surface area (Å²) in [6.07, 6.45) is 0. The number of rotatable bonds is 5. The van der Waals surface area contributed by atoms with Gasteiger partial charge in [0, 0.05) is 4.88 Å². The third-order valence-corrected chi connectivity index (χ3v) is 5.91. The summed E-state index contributed by atoms with van der Waals surface area (Å²) in [4.78, 5) is 28.9. The summed E-state index contributed by atoms with van der Waals surface area (Å²) in [5.41, 5.74) is 0.925. The molecule has 8 heteroatoms. The standard InChI is InChI=1S/C15H13N3O2S3/c19-13(18-14(20)16-8-10-4-3-7-21-10)9-22-15-17-11-5-1-2-6-12(11)23-15/h1-7H,8-9H2,(H2,16,18,19,20). The molecule has 3 rings (SSSR count). The summed E-state index contributed by atoms with van der Waals surface area (Å²) in [6.45, 7) is 0.418. The van der Waals surface area contributed by atoms with Gasteiger partial charge in [-0.2, -0.15) is 0 Å². The van der Waals surface area contributed by atoms with Gasteiger partial charge in [-0.3, -0.25) is 10.1 Å². The fourth-order valence-corrected chi connectivity index (χ4v) is 4.34. The number of nitrogens with zero attached hydrogens (tertiary/aromatic N) is 1. The fraction of sp³-hybridized carbons (Fsp3) is 0.133. The Morgan fingerprint density at radius 1 is 1.17 bits per heavy atom. The van der Waals surface area contributed by atoms with Crippen LogP contribution in [0.3, 0.4) is 0 Å². The fourth-order valence-electron chi connectivity index (χ4n) is 1.83. The maximum atomic E-state index is 11.8. The molecule has 0 spiro atoms. The molecule has 0 fully saturated rings. The Morgan fingerprint density at radius 2 is 2.04 bits per heavy atom. The van der Waals surface area contributed by atoms with E-state index in [1.165, 1.54) is 23.1 Å². The Bertz CT molecular complexity index is 781. The number of hydrogen-bond donors (Lipinski definition) is 2. The van der Waals surface area contributed by atoms with E-state index in [1.54, 1.807) is 11.3 Å². The molecule has 2 aromatic heterocycles. The predicted molar refractivity (Wildman–Crippen MR) is 95.0 cm³/mol. The van der Waals surface area contributed by atoms with Gasteiger partial charge in [-0.1, -0.05) is 30.0 Å². The molecule has 0 atom stereocenters. The molecule has 1 aromatic carbocycles. The van der Waals surface area contributed by atoms with Gasteiger partial charge in [-0.05, 0) is 23.6 Å². The number of hydrogen-bond acceptors (Lipinski definition) is 6. The van der Waals surface area contributed by atoms with Gasteiger partial charge in [0.05, 0.1) is 22.5 Å². The van der Waals surface area contributed by atoms with Crippen LogP contribution in [-0.4, -0.2) is 22.7 Å². The minimum absolute atomic E-state index is 0.159. The number of carbonyl (C=O) groups is 2. The number of urea groups is 1. The van der Waals surface area contributed by atoms with Crippen LogP contribution >= 0.6 is 34.4 Å². The zero-order valence-corrected chi connectivity index (χ0v) is 14.4. The van der Waals surface area contributed by atoms with Crippen molar-refractivity contribution in [1.29, 1.82) is 0 Å². The van der Waals surface area contributed by atoms with Gasteiger partial charge in [0.25, 0.3) is 0 Å². The van der Waals surface area contributed by atoms with Gasteiger partial charge in [0.2, 0.25) is 5.91 Å². The van der Waals surface area contributed by atoms with Gasteiger partial charge >= 0.3 is 6.03 Å². The van der Waals surface area contributed by atoms with Crippen LogP contribution in [0.25, 0.3) is 10.2 Å². The Kier molecular flexibility index (Phi) is 5.27. The summed E-state index contributed by atoms with van der Waals surface area (Å²) in [5, 5.41) is 6.91. The lowest BCUT2D eigenvalue weighted by Crippen LogP contribution is -2.39. The Morgan fingerprint density at radius 3 is 2.83 bits per heavy atom. The number of nitrogens with one attached hydrogen (secondary N) is 2. The number of imide groups is 1. The van der Waals surface area contributed by atoms with E-state index in [-0.39, 0.29) is 11.7 Å². The monoisotopic (exact) mass is 363 g/mol. The minimum atomic E-state index is -0.478. The molecule has 118 valence electrons. The van der Waals surface area contributed by atoms with Crippen LogP contribution < -0.4 is 10.6 Å². The molecule has 2 N–H and O–H groups in total. The van der Waals surface area contributed by atoms with Crippen LogP contribution in [0.5, 0.6) is 0 Å². The zero-order chi connectivity index (χ0) is 16.1. The van der Waals surface area contributed by atoms with E-state index in [0.717, 1.165) is 19.4 Å². The first-order valence-electron chi connectivity index (χ1n) is 6.79. The topological polar surface area (TPSA) is 71.1 Å². The van der Waals surface area contributed by atoms with Crippen molar-refractivity contribution in [3.05, 3.63) is 46.7 Å². The SMILES string of the molecule is O=C(CSc1nc2ccccc2s1)NC(=O)NCc1cccs1. The average molecular weight is 363 g/mol. The highest BCUT2D eigenvalue weighted by molar-refractivity contribution is 8.01. The first-order chi connectivity index (χ1) is 11.2. The van der Waals surface area contributed by atoms with Crippen molar-refractivity contribution in [2.24, 2.45) is 0 Å². The lowest BCUT2D eigenvalue weighted by atomic mass is 10.3. The number of para-hydroxylation sites is 1. The second-order valence-electron chi connectivity index (χ2n) is 4.55. The third kappa shape index (κ3) is 4.54. The maximum absolute atomic E-state index is 11.8. The summed E-state index contributed by atoms with van der Waals surface area (Å²) in [7, 11) is 0. The number of thiazole rings is 1. The smallest absolute Gasteiger partial charge is 0.321 e. The van der Waals surface area contributed by atoms with Crippen molar-refractivity contribution >= 4 is 56.6 Å². The van der Waals surface area contributed by atoms with Crippen LogP contribution in [0.4, 0.5) is 4.79 Å². The van der Waals surface area contributed by atoms with Crippen molar-refractivity contribution in [3.63, 3.8) is 0 Å². The van der Waals surface area contributed by atoms with Crippen molar-refractivity contribution in [2.45, 2.75) is 10.9 Å². The van der Waals surface area contributed by atoms with Gasteiger partial charge < -0.3 is 5.32 Å². The highest BCUT2D eigenvalue weighted by Crippen LogP contribution is 2.28. The predicted octanol–water partition coefficient (Wildman–Crippen LogP) is 3.48. The average Bonchev–Trinajstić information content (AvgIpc) is 3.19. The van der Waals surface area contributed by atoms with Crippen LogP contribution in [-0.2, 0) is 11.3 Å². The van der Waals surface area contributed by atoms with Crippen molar-refractivity contribution in [1.82, 2.24) is 15.6 Å². The first kappa shape index (κ1) is 16.0. The van der Waals surface area contributed by atoms with E-state index in [4.69, 9.17) is 0 Å². The number of benzene rings is 1. The largest absolute Gasteiger partial charge is 0.333 e. The molecule has 0 aliphatic rings. The molecule has 0 bridgehead atoms. The molecular formula is C15H13N3O2S3. The number of thiophene rings is 1. The minimum Gasteiger partial charge on any atom is -0.333 e. The summed E-state index contributed by atoms with van der Waals surface area (Å²) in [6, 6.07) is 11.2. The Balaban J connectivity index is 1.44. The van der Waals surface area contributed by atoms with Crippen molar-refractivity contribution < 1.29 is 9.59 Å². The molecule has 23 heavy (non-hydrogen) atoms. The van der Waals surface area contributed by atoms with E-state index in [9.17, 15) is 9.59 Å². The van der Waals surface area contributed by atoms with Crippen LogP contribution in [0, 0.1) is 0 Å². The molecule has 2 heterocycles. The molecule has 0 radical (unpaired) electrons. The van der Waals surface area contributed by atoms with E-state index in [2.05, 4.69) is 15.6 Å². The first-order valence-corrected chi connectivity index (χ1v) is 9.47. The number of aromatic nitrogens is 1. The van der Waals surface area contributed by atoms with Crippen molar-refractivity contribution in [3.8, 4) is 0 Å². The summed E-state index contributed by atoms with van der Waals surface area (Å²) < 4.78 is 1.91. The highest BCUT2D eigenvalue weighted by Gasteiger charge is 2.10. The molecule has 0 unspecified atom stereocenters. The normalized spacial score (nSPS) is 10.6. The van der Waals surface area contributed by atoms with E-state index >= 15 is 0 Å². The summed E-state index contributed by atoms with van der Waals surface area (Å²) in [5.74, 6) is -0.176. The quantitative estimate of drug-likeness (QED) is 0.681.